The summed E-state index contributed by atoms with van der Waals surface area (Å²) in [5.74, 6) is 0.232. The van der Waals surface area contributed by atoms with Crippen molar-refractivity contribution in [2.45, 2.75) is 0 Å². The summed E-state index contributed by atoms with van der Waals surface area (Å²) in [4.78, 5) is 20.4. The lowest BCUT2D eigenvalue weighted by Gasteiger charge is -2.04. The van der Waals surface area contributed by atoms with Crippen LogP contribution >= 0.6 is 15.9 Å². The van der Waals surface area contributed by atoms with Crippen LogP contribution in [0, 0.1) is 0 Å². The van der Waals surface area contributed by atoms with Crippen LogP contribution in [-0.4, -0.2) is 21.0 Å². The van der Waals surface area contributed by atoms with Gasteiger partial charge in [0.15, 0.2) is 0 Å². The van der Waals surface area contributed by atoms with E-state index in [1.54, 1.807) is 30.3 Å². The van der Waals surface area contributed by atoms with E-state index < -0.39 is 0 Å². The molecule has 3 aromatic carbocycles. The molecule has 0 fully saturated rings. The maximum absolute atomic E-state index is 12.5. The molecule has 31 heavy (non-hydrogen) atoms. The number of amides is 1. The molecule has 3 N–H and O–H groups in total. The van der Waals surface area contributed by atoms with Gasteiger partial charge in [-0.3, -0.25) is 4.79 Å². The van der Waals surface area contributed by atoms with Crippen molar-refractivity contribution in [1.82, 2.24) is 15.4 Å². The molecule has 2 heterocycles. The largest absolute Gasteiger partial charge is 0.508 e. The minimum Gasteiger partial charge on any atom is -0.508 e. The Labute approximate surface area is 184 Å². The van der Waals surface area contributed by atoms with Gasteiger partial charge < -0.3 is 14.5 Å². The summed E-state index contributed by atoms with van der Waals surface area (Å²) in [6.45, 7) is 0. The van der Waals surface area contributed by atoms with Crippen LogP contribution in [0.1, 0.15) is 10.4 Å². The molecule has 152 valence electrons. The number of phenolic OH excluding ortho intramolecular Hbond substituents is 1. The standard InChI is InChI=1S/C23H15BrN4O3/c24-15-5-3-4-14(10-15)22(30)27-28-23-17(11-13-8-9-16(29)12-20(13)31-23)21-25-18-6-1-2-7-19(18)26-21/h1-12,29H,(H,25,26)(H,27,30)/b28-23+. The molecule has 0 aliphatic rings. The van der Waals surface area contributed by atoms with Crippen molar-refractivity contribution in [2.24, 2.45) is 5.10 Å². The van der Waals surface area contributed by atoms with Gasteiger partial charge in [-0.1, -0.05) is 34.1 Å². The first kappa shape index (κ1) is 19.1. The van der Waals surface area contributed by atoms with Crippen molar-refractivity contribution in [3.8, 4) is 17.1 Å². The SMILES string of the molecule is O=C(N/N=c1/oc2cc(O)ccc2cc1-c1nc2ccccc2[nH]1)c1cccc(Br)c1. The molecule has 7 nitrogen and oxygen atoms in total. The molecule has 5 rings (SSSR count). The Morgan fingerprint density at radius 2 is 1.94 bits per heavy atom. The lowest BCUT2D eigenvalue weighted by Crippen LogP contribution is -2.22. The summed E-state index contributed by atoms with van der Waals surface area (Å²) in [6, 6.07) is 21.3. The fraction of sp³-hybridized carbons (Fsp3) is 0. The number of fused-ring (bicyclic) bond motifs is 2. The van der Waals surface area contributed by atoms with Gasteiger partial charge in [0, 0.05) is 21.5 Å². The van der Waals surface area contributed by atoms with E-state index in [-0.39, 0.29) is 17.2 Å². The van der Waals surface area contributed by atoms with Crippen molar-refractivity contribution in [3.63, 3.8) is 0 Å². The first-order valence-electron chi connectivity index (χ1n) is 9.38. The van der Waals surface area contributed by atoms with Crippen LogP contribution in [0.25, 0.3) is 33.4 Å². The van der Waals surface area contributed by atoms with Gasteiger partial charge in [-0.2, -0.15) is 0 Å². The van der Waals surface area contributed by atoms with Crippen LogP contribution < -0.4 is 11.0 Å². The molecule has 0 saturated carbocycles. The van der Waals surface area contributed by atoms with Gasteiger partial charge in [-0.15, -0.1) is 5.10 Å². The second kappa shape index (κ2) is 7.73. The monoisotopic (exact) mass is 474 g/mol. The third kappa shape index (κ3) is 3.80. The van der Waals surface area contributed by atoms with Gasteiger partial charge in [0.2, 0.25) is 5.55 Å². The number of carbonyl (C=O) groups excluding carboxylic acids is 1. The Morgan fingerprint density at radius 1 is 1.06 bits per heavy atom. The number of phenols is 1. The first-order valence-corrected chi connectivity index (χ1v) is 10.2. The Hall–Kier alpha value is -3.91. The highest BCUT2D eigenvalue weighted by Gasteiger charge is 2.13. The van der Waals surface area contributed by atoms with Crippen LogP contribution in [0.2, 0.25) is 0 Å². The van der Waals surface area contributed by atoms with E-state index >= 15 is 0 Å². The highest BCUT2D eigenvalue weighted by molar-refractivity contribution is 9.10. The summed E-state index contributed by atoms with van der Waals surface area (Å²) in [5, 5.41) is 14.8. The molecule has 0 aliphatic heterocycles. The van der Waals surface area contributed by atoms with Gasteiger partial charge in [0.05, 0.1) is 16.6 Å². The highest BCUT2D eigenvalue weighted by atomic mass is 79.9. The second-order valence-electron chi connectivity index (χ2n) is 6.85. The number of rotatable bonds is 3. The number of carbonyl (C=O) groups is 1. The predicted molar refractivity (Wildman–Crippen MR) is 120 cm³/mol. The molecule has 0 unspecified atom stereocenters. The molecule has 0 atom stereocenters. The molecular weight excluding hydrogens is 460 g/mol. The third-order valence-electron chi connectivity index (χ3n) is 4.72. The van der Waals surface area contributed by atoms with Gasteiger partial charge in [-0.25, -0.2) is 10.4 Å². The van der Waals surface area contributed by atoms with Crippen LogP contribution in [0.5, 0.6) is 5.75 Å². The van der Waals surface area contributed by atoms with Gasteiger partial charge in [0.25, 0.3) is 5.91 Å². The van der Waals surface area contributed by atoms with Crippen LogP contribution in [0.4, 0.5) is 0 Å². The maximum atomic E-state index is 12.5. The third-order valence-corrected chi connectivity index (χ3v) is 5.22. The quantitative estimate of drug-likeness (QED) is 0.330. The topological polar surface area (TPSA) is 104 Å². The fourth-order valence-electron chi connectivity index (χ4n) is 3.24. The van der Waals surface area contributed by atoms with Crippen molar-refractivity contribution in [3.05, 3.63) is 88.4 Å². The van der Waals surface area contributed by atoms with Crippen LogP contribution in [0.15, 0.2) is 86.8 Å². The minimum absolute atomic E-state index is 0.0665. The summed E-state index contributed by atoms with van der Waals surface area (Å²) >= 11 is 3.35. The lowest BCUT2D eigenvalue weighted by atomic mass is 10.1. The van der Waals surface area contributed by atoms with Crippen molar-refractivity contribution >= 4 is 43.8 Å². The van der Waals surface area contributed by atoms with E-state index in [1.807, 2.05) is 36.4 Å². The average molecular weight is 475 g/mol. The Morgan fingerprint density at radius 3 is 2.77 bits per heavy atom. The maximum Gasteiger partial charge on any atom is 0.271 e. The zero-order chi connectivity index (χ0) is 21.4. The smallest absolute Gasteiger partial charge is 0.271 e. The van der Waals surface area contributed by atoms with E-state index in [1.165, 1.54) is 6.07 Å². The summed E-state index contributed by atoms with van der Waals surface area (Å²) in [6.07, 6.45) is 0. The fourth-order valence-corrected chi connectivity index (χ4v) is 3.64. The molecule has 0 aliphatic carbocycles. The zero-order valence-corrected chi connectivity index (χ0v) is 17.6. The van der Waals surface area contributed by atoms with Crippen molar-refractivity contribution in [2.75, 3.05) is 0 Å². The lowest BCUT2D eigenvalue weighted by molar-refractivity contribution is 0.0951. The van der Waals surface area contributed by atoms with E-state index in [4.69, 9.17) is 4.42 Å². The highest BCUT2D eigenvalue weighted by Crippen LogP contribution is 2.24. The molecule has 0 bridgehead atoms. The number of aromatic amines is 1. The van der Waals surface area contributed by atoms with Crippen molar-refractivity contribution < 1.29 is 14.3 Å². The van der Waals surface area contributed by atoms with Crippen molar-refractivity contribution in [1.29, 1.82) is 0 Å². The number of nitrogens with one attached hydrogen (secondary N) is 2. The second-order valence-corrected chi connectivity index (χ2v) is 7.77. The van der Waals surface area contributed by atoms with Crippen LogP contribution in [0.3, 0.4) is 0 Å². The molecule has 8 heteroatoms. The van der Waals surface area contributed by atoms with E-state index in [9.17, 15) is 9.90 Å². The average Bonchev–Trinajstić information content (AvgIpc) is 3.21. The Balaban J connectivity index is 1.65. The molecule has 5 aromatic rings. The number of benzene rings is 3. The van der Waals surface area contributed by atoms with Gasteiger partial charge in [0.1, 0.15) is 17.2 Å². The minimum atomic E-state index is -0.386. The number of H-pyrrole nitrogens is 1. The van der Waals surface area contributed by atoms with Gasteiger partial charge in [-0.05, 0) is 48.5 Å². The number of nitrogens with zero attached hydrogens (tertiary/aromatic N) is 2. The number of aromatic hydroxyl groups is 1. The normalized spacial score (nSPS) is 11.8. The van der Waals surface area contributed by atoms with E-state index in [0.29, 0.717) is 22.5 Å². The zero-order valence-electron chi connectivity index (χ0n) is 16.0. The molecule has 2 aromatic heterocycles. The molecule has 0 spiro atoms. The summed E-state index contributed by atoms with van der Waals surface area (Å²) < 4.78 is 6.71. The molecule has 0 saturated heterocycles. The molecule has 1 amide bonds. The summed E-state index contributed by atoms with van der Waals surface area (Å²) in [5.41, 5.74) is 5.80. The number of halogens is 1. The van der Waals surface area contributed by atoms with E-state index in [2.05, 4.69) is 36.4 Å². The number of hydrogen-bond acceptors (Lipinski definition) is 5. The predicted octanol–water partition coefficient (Wildman–Crippen LogP) is 4.69. The van der Waals surface area contributed by atoms with E-state index in [0.717, 1.165) is 20.9 Å². The number of para-hydroxylation sites is 2. The molecule has 0 radical (unpaired) electrons. The Bertz CT molecular complexity index is 1490. The number of hydrogen-bond donors (Lipinski definition) is 3. The molecular formula is C23H15BrN4O3. The Kier molecular flexibility index (Phi) is 4.76. The first-order chi connectivity index (χ1) is 15.1. The van der Waals surface area contributed by atoms with Crippen LogP contribution in [-0.2, 0) is 0 Å². The number of imidazole rings is 1. The van der Waals surface area contributed by atoms with Gasteiger partial charge >= 0.3 is 0 Å². The summed E-state index contributed by atoms with van der Waals surface area (Å²) in [7, 11) is 0. The number of aromatic nitrogens is 2.